The van der Waals surface area contributed by atoms with Gasteiger partial charge in [-0.15, -0.1) is 0 Å². The Balaban J connectivity index is -0.000000143. The highest BCUT2D eigenvalue weighted by molar-refractivity contribution is 4.81. The third kappa shape index (κ3) is 11.8. The van der Waals surface area contributed by atoms with E-state index in [1.54, 1.807) is 0 Å². The molecule has 0 N–H and O–H groups in total. The molecule has 1 saturated carbocycles. The molecule has 1 saturated heterocycles. The van der Waals surface area contributed by atoms with Crippen LogP contribution in [0.25, 0.3) is 0 Å². The minimum Gasteiger partial charge on any atom is -0.300 e. The van der Waals surface area contributed by atoms with Gasteiger partial charge in [-0.3, -0.25) is 0 Å². The van der Waals surface area contributed by atoms with E-state index in [1.807, 2.05) is 41.5 Å². The SMILES string of the molecule is C.C.CC.CC.CC.CC1CCN(C2CCCCC2)C1. The number of hydrogen-bond acceptors (Lipinski definition) is 1. The van der Waals surface area contributed by atoms with E-state index in [4.69, 9.17) is 0 Å². The maximum Gasteiger partial charge on any atom is 0.00953 e. The average molecular weight is 290 g/mol. The molecule has 2 rings (SSSR count). The summed E-state index contributed by atoms with van der Waals surface area (Å²) in [7, 11) is 0. The Morgan fingerprint density at radius 3 is 1.50 bits per heavy atom. The van der Waals surface area contributed by atoms with Gasteiger partial charge in [0.05, 0.1) is 0 Å². The Morgan fingerprint density at radius 1 is 0.700 bits per heavy atom. The fraction of sp³-hybridized carbons (Fsp3) is 1.00. The molecule has 0 amide bonds. The van der Waals surface area contributed by atoms with Crippen LogP contribution < -0.4 is 0 Å². The molecular formula is C19H47N. The molecular weight excluding hydrogens is 242 g/mol. The zero-order valence-corrected chi connectivity index (χ0v) is 14.3. The summed E-state index contributed by atoms with van der Waals surface area (Å²) in [6, 6.07) is 0.962. The largest absolute Gasteiger partial charge is 0.300 e. The van der Waals surface area contributed by atoms with Gasteiger partial charge in [-0.05, 0) is 31.7 Å². The first-order valence-electron chi connectivity index (χ1n) is 8.60. The van der Waals surface area contributed by atoms with Gasteiger partial charge in [-0.25, -0.2) is 0 Å². The molecule has 1 heteroatoms. The maximum atomic E-state index is 2.74. The number of nitrogens with zero attached hydrogens (tertiary/aromatic N) is 1. The third-order valence-electron chi connectivity index (χ3n) is 3.55. The molecule has 0 aromatic heterocycles. The molecule has 1 aliphatic carbocycles. The first-order chi connectivity index (χ1) is 8.86. The fourth-order valence-electron chi connectivity index (χ4n) is 2.75. The van der Waals surface area contributed by atoms with E-state index >= 15 is 0 Å². The van der Waals surface area contributed by atoms with Crippen LogP contribution in [0.4, 0.5) is 0 Å². The topological polar surface area (TPSA) is 3.24 Å². The van der Waals surface area contributed by atoms with Crippen LogP contribution >= 0.6 is 0 Å². The van der Waals surface area contributed by atoms with E-state index < -0.39 is 0 Å². The van der Waals surface area contributed by atoms with Crippen molar-refractivity contribution >= 4 is 0 Å². The van der Waals surface area contributed by atoms with Gasteiger partial charge < -0.3 is 4.90 Å². The van der Waals surface area contributed by atoms with Crippen molar-refractivity contribution in [3.8, 4) is 0 Å². The molecule has 0 bridgehead atoms. The summed E-state index contributed by atoms with van der Waals surface area (Å²) in [4.78, 5) is 2.74. The van der Waals surface area contributed by atoms with E-state index in [1.165, 1.54) is 51.6 Å². The Kier molecular flexibility index (Phi) is 29.9. The smallest absolute Gasteiger partial charge is 0.00953 e. The zero-order valence-electron chi connectivity index (χ0n) is 14.3. The van der Waals surface area contributed by atoms with Crippen LogP contribution in [0.3, 0.4) is 0 Å². The molecule has 0 radical (unpaired) electrons. The van der Waals surface area contributed by atoms with E-state index in [0.29, 0.717) is 0 Å². The second-order valence-electron chi connectivity index (χ2n) is 4.68. The maximum absolute atomic E-state index is 2.74. The van der Waals surface area contributed by atoms with Gasteiger partial charge in [0.25, 0.3) is 0 Å². The van der Waals surface area contributed by atoms with Crippen molar-refractivity contribution in [1.29, 1.82) is 0 Å². The number of likely N-dealkylation sites (tertiary alicyclic amines) is 1. The molecule has 0 spiro atoms. The van der Waals surface area contributed by atoms with Crippen molar-refractivity contribution in [1.82, 2.24) is 4.90 Å². The van der Waals surface area contributed by atoms with E-state index in [9.17, 15) is 0 Å². The highest BCUT2D eigenvalue weighted by Gasteiger charge is 2.26. The van der Waals surface area contributed by atoms with Gasteiger partial charge >= 0.3 is 0 Å². The molecule has 1 nitrogen and oxygen atoms in total. The molecule has 1 atom stereocenters. The van der Waals surface area contributed by atoms with Crippen molar-refractivity contribution in [3.05, 3.63) is 0 Å². The first-order valence-corrected chi connectivity index (χ1v) is 8.60. The summed E-state index contributed by atoms with van der Waals surface area (Å²) in [6.45, 7) is 17.2. The Hall–Kier alpha value is -0.0400. The molecule has 0 aromatic carbocycles. The number of rotatable bonds is 1. The second-order valence-corrected chi connectivity index (χ2v) is 4.68. The monoisotopic (exact) mass is 289 g/mol. The molecule has 20 heavy (non-hydrogen) atoms. The van der Waals surface area contributed by atoms with Gasteiger partial charge in [0.1, 0.15) is 0 Å². The predicted molar refractivity (Wildman–Crippen MR) is 99.7 cm³/mol. The van der Waals surface area contributed by atoms with Crippen molar-refractivity contribution in [2.24, 2.45) is 5.92 Å². The average Bonchev–Trinajstić information content (AvgIpc) is 2.93. The molecule has 128 valence electrons. The lowest BCUT2D eigenvalue weighted by molar-refractivity contribution is 0.186. The van der Waals surface area contributed by atoms with Gasteiger partial charge in [0.15, 0.2) is 0 Å². The van der Waals surface area contributed by atoms with Gasteiger partial charge in [0.2, 0.25) is 0 Å². The Labute approximate surface area is 132 Å². The van der Waals surface area contributed by atoms with Crippen LogP contribution in [0.5, 0.6) is 0 Å². The Morgan fingerprint density at radius 2 is 1.15 bits per heavy atom. The molecule has 2 fully saturated rings. The van der Waals surface area contributed by atoms with E-state index in [-0.39, 0.29) is 14.9 Å². The van der Waals surface area contributed by atoms with E-state index in [0.717, 1.165) is 12.0 Å². The molecule has 1 aliphatic heterocycles. The van der Waals surface area contributed by atoms with Crippen molar-refractivity contribution < 1.29 is 0 Å². The summed E-state index contributed by atoms with van der Waals surface area (Å²) in [5.41, 5.74) is 0. The summed E-state index contributed by atoms with van der Waals surface area (Å²) in [6.07, 6.45) is 8.85. The lowest BCUT2D eigenvalue weighted by Gasteiger charge is -2.30. The summed E-state index contributed by atoms with van der Waals surface area (Å²) in [5, 5.41) is 0. The minimum absolute atomic E-state index is 0. The van der Waals surface area contributed by atoms with Crippen LogP contribution in [0.15, 0.2) is 0 Å². The van der Waals surface area contributed by atoms with Crippen molar-refractivity contribution in [2.45, 2.75) is 108 Å². The molecule has 1 heterocycles. The second kappa shape index (κ2) is 21.3. The van der Waals surface area contributed by atoms with Crippen LogP contribution in [0.1, 0.15) is 102 Å². The third-order valence-corrected chi connectivity index (χ3v) is 3.55. The predicted octanol–water partition coefficient (Wildman–Crippen LogP) is 7.01. The lowest BCUT2D eigenvalue weighted by atomic mass is 9.94. The molecule has 1 unspecified atom stereocenters. The normalized spacial score (nSPS) is 21.4. The zero-order chi connectivity index (χ0) is 14.4. The number of hydrogen-bond donors (Lipinski definition) is 0. The first kappa shape index (κ1) is 28.2. The highest BCUT2D eigenvalue weighted by atomic mass is 15.2. The molecule has 2 aliphatic rings. The summed E-state index contributed by atoms with van der Waals surface area (Å²) >= 11 is 0. The van der Waals surface area contributed by atoms with Crippen LogP contribution in [0.2, 0.25) is 0 Å². The van der Waals surface area contributed by atoms with Crippen molar-refractivity contribution in [2.75, 3.05) is 13.1 Å². The summed E-state index contributed by atoms with van der Waals surface area (Å²) < 4.78 is 0. The standard InChI is InChI=1S/C11H21N.3C2H6.2CH4/c1-10-7-8-12(9-10)11-5-3-2-4-6-11;3*1-2;;/h10-11H,2-9H2,1H3;3*1-2H3;2*1H4. The van der Waals surface area contributed by atoms with Gasteiger partial charge in [-0.2, -0.15) is 0 Å². The minimum atomic E-state index is 0. The Bertz CT molecular complexity index is 136. The van der Waals surface area contributed by atoms with Gasteiger partial charge in [0, 0.05) is 12.6 Å². The molecule has 0 aromatic rings. The lowest BCUT2D eigenvalue weighted by Crippen LogP contribution is -2.34. The quantitative estimate of drug-likeness (QED) is 0.501. The van der Waals surface area contributed by atoms with Crippen LogP contribution in [-0.4, -0.2) is 24.0 Å². The highest BCUT2D eigenvalue weighted by Crippen LogP contribution is 2.27. The summed E-state index contributed by atoms with van der Waals surface area (Å²) in [5.74, 6) is 0.965. The van der Waals surface area contributed by atoms with Gasteiger partial charge in [-0.1, -0.05) is 82.6 Å². The van der Waals surface area contributed by atoms with Crippen LogP contribution in [-0.2, 0) is 0 Å². The van der Waals surface area contributed by atoms with E-state index in [2.05, 4.69) is 11.8 Å². The van der Waals surface area contributed by atoms with Crippen LogP contribution in [0, 0.1) is 5.92 Å². The van der Waals surface area contributed by atoms with Crippen molar-refractivity contribution in [3.63, 3.8) is 0 Å². The fourth-order valence-corrected chi connectivity index (χ4v) is 2.75.